The number of nitrogens with one attached hydrogen (secondary N) is 2. The van der Waals surface area contributed by atoms with Crippen LogP contribution >= 0.6 is 0 Å². The van der Waals surface area contributed by atoms with Gasteiger partial charge in [-0.25, -0.2) is 8.42 Å². The van der Waals surface area contributed by atoms with Crippen LogP contribution in [0.25, 0.3) is 0 Å². The van der Waals surface area contributed by atoms with Crippen LogP contribution < -0.4 is 4.72 Å². The van der Waals surface area contributed by atoms with Crippen molar-refractivity contribution in [2.75, 3.05) is 24.4 Å². The molecule has 2 aromatic rings. The monoisotopic (exact) mass is 378 g/mol. The molecule has 1 fully saturated rings. The molecule has 0 saturated carbocycles. The largest absolute Gasteiger partial charge is 0.375 e. The molecule has 2 N–H and O–H groups in total. The van der Waals surface area contributed by atoms with Gasteiger partial charge in [-0.1, -0.05) is 6.07 Å². The number of amides is 1. The van der Waals surface area contributed by atoms with Crippen molar-refractivity contribution in [1.29, 1.82) is 0 Å². The molecule has 0 spiro atoms. The number of carbonyl (C=O) groups excluding carboxylic acids is 1. The van der Waals surface area contributed by atoms with Crippen LogP contribution in [0.1, 0.15) is 28.7 Å². The summed E-state index contributed by atoms with van der Waals surface area (Å²) in [7, 11) is -3.80. The van der Waals surface area contributed by atoms with E-state index in [1.54, 1.807) is 43.0 Å². The van der Waals surface area contributed by atoms with Crippen molar-refractivity contribution < 1.29 is 17.9 Å². The minimum absolute atomic E-state index is 0.0126. The lowest BCUT2D eigenvalue weighted by Gasteiger charge is -2.31. The molecule has 1 atom stereocenters. The summed E-state index contributed by atoms with van der Waals surface area (Å²) in [5.41, 5.74) is 1.62. The molecule has 1 unspecified atom stereocenters. The van der Waals surface area contributed by atoms with E-state index in [2.05, 4.69) is 14.9 Å². The van der Waals surface area contributed by atoms with E-state index in [1.165, 1.54) is 0 Å². The minimum atomic E-state index is -3.80. The molecule has 1 aliphatic heterocycles. The first-order chi connectivity index (χ1) is 12.3. The van der Waals surface area contributed by atoms with Crippen molar-refractivity contribution in [1.82, 2.24) is 15.1 Å². The molecular formula is C17H22N4O4S. The van der Waals surface area contributed by atoms with Crippen molar-refractivity contribution in [2.45, 2.75) is 31.8 Å². The smallest absolute Gasteiger partial charge is 0.265 e. The van der Waals surface area contributed by atoms with Crippen LogP contribution in [0.5, 0.6) is 0 Å². The van der Waals surface area contributed by atoms with E-state index in [0.717, 1.165) is 0 Å². The Morgan fingerprint density at radius 2 is 2.15 bits per heavy atom. The van der Waals surface area contributed by atoms with Gasteiger partial charge in [-0.05, 0) is 39.0 Å². The molecule has 26 heavy (non-hydrogen) atoms. The van der Waals surface area contributed by atoms with Gasteiger partial charge in [-0.15, -0.1) is 0 Å². The molecule has 8 nitrogen and oxygen atoms in total. The standard InChI is InChI=1S/C17H22N4O4S/c1-11-10-21(7-8-25-11)17(22)14-5-4-6-15(9-14)20-26(23,24)16-12(2)18-19-13(16)3/h4-6,9,11,20H,7-8,10H2,1-3H3,(H,18,19). The normalized spacial score (nSPS) is 18.0. The lowest BCUT2D eigenvalue weighted by Crippen LogP contribution is -2.44. The van der Waals surface area contributed by atoms with Crippen LogP contribution in [-0.4, -0.2) is 55.2 Å². The molecule has 140 valence electrons. The molecule has 0 bridgehead atoms. The topological polar surface area (TPSA) is 104 Å². The number of aryl methyl sites for hydroxylation is 2. The molecule has 1 aromatic carbocycles. The Morgan fingerprint density at radius 1 is 1.38 bits per heavy atom. The second-order valence-electron chi connectivity index (χ2n) is 6.38. The minimum Gasteiger partial charge on any atom is -0.375 e. The summed E-state index contributed by atoms with van der Waals surface area (Å²) in [5, 5.41) is 6.59. The summed E-state index contributed by atoms with van der Waals surface area (Å²) in [6.45, 7) is 6.72. The number of H-pyrrole nitrogens is 1. The summed E-state index contributed by atoms with van der Waals surface area (Å²) in [5.74, 6) is -0.142. The first-order valence-electron chi connectivity index (χ1n) is 8.33. The molecule has 1 aromatic heterocycles. The van der Waals surface area contributed by atoms with Gasteiger partial charge in [0.05, 0.1) is 24.1 Å². The maximum atomic E-state index is 12.7. The van der Waals surface area contributed by atoms with Gasteiger partial charge >= 0.3 is 0 Å². The van der Waals surface area contributed by atoms with Gasteiger partial charge in [0.2, 0.25) is 0 Å². The van der Waals surface area contributed by atoms with Gasteiger partial charge in [-0.2, -0.15) is 5.10 Å². The summed E-state index contributed by atoms with van der Waals surface area (Å²) in [6.07, 6.45) is -0.0126. The predicted octanol–water partition coefficient (Wildman–Crippen LogP) is 1.69. The maximum Gasteiger partial charge on any atom is 0.265 e. The van der Waals surface area contributed by atoms with Crippen LogP contribution in [0.15, 0.2) is 29.2 Å². The number of nitrogens with zero attached hydrogens (tertiary/aromatic N) is 2. The third-order valence-corrected chi connectivity index (χ3v) is 5.86. The SMILES string of the molecule is Cc1n[nH]c(C)c1S(=O)(=O)Nc1cccc(C(=O)N2CCOC(C)C2)c1. The Labute approximate surface area is 152 Å². The number of carbonyl (C=O) groups is 1. The van der Waals surface area contributed by atoms with Crippen LogP contribution in [-0.2, 0) is 14.8 Å². The van der Waals surface area contributed by atoms with Gasteiger partial charge in [0, 0.05) is 24.3 Å². The number of anilines is 1. The Balaban J connectivity index is 1.82. The first-order valence-corrected chi connectivity index (χ1v) is 9.81. The highest BCUT2D eigenvalue weighted by Crippen LogP contribution is 2.22. The fourth-order valence-corrected chi connectivity index (χ4v) is 4.47. The fraction of sp³-hybridized carbons (Fsp3) is 0.412. The van der Waals surface area contributed by atoms with Crippen molar-refractivity contribution in [3.05, 3.63) is 41.2 Å². The van der Waals surface area contributed by atoms with Gasteiger partial charge < -0.3 is 9.64 Å². The first kappa shape index (κ1) is 18.4. The van der Waals surface area contributed by atoms with Gasteiger partial charge in [0.15, 0.2) is 0 Å². The second kappa shape index (κ2) is 7.08. The van der Waals surface area contributed by atoms with Gasteiger partial charge in [-0.3, -0.25) is 14.6 Å². The molecule has 1 amide bonds. The van der Waals surface area contributed by atoms with E-state index >= 15 is 0 Å². The zero-order valence-corrected chi connectivity index (χ0v) is 15.8. The molecule has 0 radical (unpaired) electrons. The molecule has 2 heterocycles. The number of hydrogen-bond acceptors (Lipinski definition) is 5. The predicted molar refractivity (Wildman–Crippen MR) is 96.6 cm³/mol. The van der Waals surface area contributed by atoms with Gasteiger partial charge in [0.25, 0.3) is 15.9 Å². The number of hydrogen-bond donors (Lipinski definition) is 2. The van der Waals surface area contributed by atoms with Crippen LogP contribution in [0.4, 0.5) is 5.69 Å². The number of rotatable bonds is 4. The summed E-state index contributed by atoms with van der Waals surface area (Å²) in [6, 6.07) is 6.49. The van der Waals surface area contributed by atoms with Crippen molar-refractivity contribution >= 4 is 21.6 Å². The highest BCUT2D eigenvalue weighted by Gasteiger charge is 2.24. The number of sulfonamides is 1. The van der Waals surface area contributed by atoms with Crippen molar-refractivity contribution in [2.24, 2.45) is 0 Å². The quantitative estimate of drug-likeness (QED) is 0.842. The Kier molecular flexibility index (Phi) is 5.01. The van der Waals surface area contributed by atoms with E-state index in [1.807, 2.05) is 6.92 Å². The lowest BCUT2D eigenvalue weighted by molar-refractivity contribution is -0.0124. The van der Waals surface area contributed by atoms with E-state index in [0.29, 0.717) is 42.3 Å². The average molecular weight is 378 g/mol. The van der Waals surface area contributed by atoms with Crippen molar-refractivity contribution in [3.63, 3.8) is 0 Å². The zero-order valence-electron chi connectivity index (χ0n) is 14.9. The Bertz CT molecular complexity index is 903. The number of morpholine rings is 1. The van der Waals surface area contributed by atoms with Crippen LogP contribution in [0.2, 0.25) is 0 Å². The number of benzene rings is 1. The maximum absolute atomic E-state index is 12.7. The lowest BCUT2D eigenvalue weighted by atomic mass is 10.1. The second-order valence-corrected chi connectivity index (χ2v) is 8.00. The van der Waals surface area contributed by atoms with E-state index in [4.69, 9.17) is 4.74 Å². The summed E-state index contributed by atoms with van der Waals surface area (Å²) < 4.78 is 33.3. The highest BCUT2D eigenvalue weighted by atomic mass is 32.2. The Morgan fingerprint density at radius 3 is 2.81 bits per heavy atom. The van der Waals surface area contributed by atoms with E-state index < -0.39 is 10.0 Å². The Hall–Kier alpha value is -2.39. The van der Waals surface area contributed by atoms with Gasteiger partial charge in [0.1, 0.15) is 4.90 Å². The summed E-state index contributed by atoms with van der Waals surface area (Å²) in [4.78, 5) is 14.5. The number of ether oxygens (including phenoxy) is 1. The van der Waals surface area contributed by atoms with Crippen LogP contribution in [0.3, 0.4) is 0 Å². The molecule has 1 saturated heterocycles. The average Bonchev–Trinajstić information content (AvgIpc) is 2.93. The number of aromatic nitrogens is 2. The molecule has 3 rings (SSSR count). The number of aromatic amines is 1. The molecule has 1 aliphatic rings. The molecule has 0 aliphatic carbocycles. The highest BCUT2D eigenvalue weighted by molar-refractivity contribution is 7.92. The van der Waals surface area contributed by atoms with Crippen molar-refractivity contribution in [3.8, 4) is 0 Å². The third kappa shape index (κ3) is 3.73. The summed E-state index contributed by atoms with van der Waals surface area (Å²) >= 11 is 0. The van der Waals surface area contributed by atoms with E-state index in [9.17, 15) is 13.2 Å². The zero-order chi connectivity index (χ0) is 18.9. The molecule has 9 heteroatoms. The van der Waals surface area contributed by atoms with E-state index in [-0.39, 0.29) is 16.9 Å². The fourth-order valence-electron chi connectivity index (χ4n) is 3.04. The third-order valence-electron chi connectivity index (χ3n) is 4.22. The van der Waals surface area contributed by atoms with Crippen LogP contribution in [0, 0.1) is 13.8 Å². The molecular weight excluding hydrogens is 356 g/mol.